The van der Waals surface area contributed by atoms with Crippen molar-refractivity contribution in [2.75, 3.05) is 21.3 Å². The Morgan fingerprint density at radius 3 is 1.60 bits per heavy atom. The highest BCUT2D eigenvalue weighted by Gasteiger charge is 2.44. The number of methoxy groups -OCH3 is 3. The smallest absolute Gasteiger partial charge is 0.309 e. The normalized spacial score (nSPS) is 26.3. The number of rotatable bonds is 3. The van der Waals surface area contributed by atoms with Crippen molar-refractivity contribution in [1.82, 2.24) is 0 Å². The number of carbonyl (C=O) groups is 2. The van der Waals surface area contributed by atoms with E-state index < -0.39 is 11.8 Å². The molecule has 0 spiro atoms. The lowest BCUT2D eigenvalue weighted by molar-refractivity contribution is -0.156. The fourth-order valence-corrected chi connectivity index (χ4v) is 2.01. The quantitative estimate of drug-likeness (QED) is 0.638. The van der Waals surface area contributed by atoms with Crippen molar-refractivity contribution in [3.05, 3.63) is 0 Å². The van der Waals surface area contributed by atoms with Crippen LogP contribution in [-0.2, 0) is 23.8 Å². The third-order valence-electron chi connectivity index (χ3n) is 2.86. The summed E-state index contributed by atoms with van der Waals surface area (Å²) in [7, 11) is 4.20. The highest BCUT2D eigenvalue weighted by Crippen LogP contribution is 2.35. The molecule has 0 aromatic heterocycles. The van der Waals surface area contributed by atoms with Crippen LogP contribution in [0.25, 0.3) is 0 Å². The molecular formula is C10H16O5. The Kier molecular flexibility index (Phi) is 4.08. The summed E-state index contributed by atoms with van der Waals surface area (Å²) in [5.41, 5.74) is 0. The van der Waals surface area contributed by atoms with Gasteiger partial charge in [-0.25, -0.2) is 0 Å². The van der Waals surface area contributed by atoms with Crippen LogP contribution in [0, 0.1) is 11.8 Å². The predicted octanol–water partition coefficient (Wildman–Crippen LogP) is 0.374. The summed E-state index contributed by atoms with van der Waals surface area (Å²) in [6, 6.07) is 0. The Hall–Kier alpha value is -1.10. The minimum absolute atomic E-state index is 0.0711. The lowest BCUT2D eigenvalue weighted by Crippen LogP contribution is -2.27. The highest BCUT2D eigenvalue weighted by atomic mass is 16.5. The van der Waals surface area contributed by atoms with Gasteiger partial charge in [-0.05, 0) is 12.8 Å². The Morgan fingerprint density at radius 2 is 1.33 bits per heavy atom. The van der Waals surface area contributed by atoms with Gasteiger partial charge in [-0.3, -0.25) is 9.59 Å². The van der Waals surface area contributed by atoms with E-state index in [0.29, 0.717) is 12.8 Å². The second kappa shape index (κ2) is 5.11. The lowest BCUT2D eigenvalue weighted by atomic mass is 9.96. The van der Waals surface area contributed by atoms with Gasteiger partial charge >= 0.3 is 11.9 Å². The van der Waals surface area contributed by atoms with E-state index in [1.54, 1.807) is 7.11 Å². The van der Waals surface area contributed by atoms with Crippen LogP contribution in [0.15, 0.2) is 0 Å². The Labute approximate surface area is 88.7 Å². The number of ether oxygens (including phenoxy) is 3. The topological polar surface area (TPSA) is 61.8 Å². The largest absolute Gasteiger partial charge is 0.469 e. The molecule has 0 unspecified atom stereocenters. The standard InChI is InChI=1S/C10H16O5/c1-13-6-4-7(9(11)14-2)8(5-6)10(12)15-3/h6-8H,4-5H2,1-3H3/t7-,8-/m1/s1. The summed E-state index contributed by atoms with van der Waals surface area (Å²) < 4.78 is 14.4. The molecule has 0 amide bonds. The Balaban J connectivity index is 2.73. The number of hydrogen-bond donors (Lipinski definition) is 0. The third-order valence-corrected chi connectivity index (χ3v) is 2.86. The van der Waals surface area contributed by atoms with E-state index in [2.05, 4.69) is 9.47 Å². The summed E-state index contributed by atoms with van der Waals surface area (Å²) >= 11 is 0. The molecule has 5 nitrogen and oxygen atoms in total. The molecule has 0 aromatic rings. The maximum Gasteiger partial charge on any atom is 0.309 e. The van der Waals surface area contributed by atoms with Gasteiger partial charge in [0.05, 0.1) is 32.2 Å². The second-order valence-corrected chi connectivity index (χ2v) is 3.59. The molecular weight excluding hydrogens is 200 g/mol. The van der Waals surface area contributed by atoms with Gasteiger partial charge < -0.3 is 14.2 Å². The number of carbonyl (C=O) groups excluding carboxylic acids is 2. The van der Waals surface area contributed by atoms with E-state index in [9.17, 15) is 9.59 Å². The highest BCUT2D eigenvalue weighted by molar-refractivity contribution is 5.82. The van der Waals surface area contributed by atoms with Crippen molar-refractivity contribution in [3.8, 4) is 0 Å². The molecule has 0 aliphatic heterocycles. The van der Waals surface area contributed by atoms with Crippen LogP contribution in [0.5, 0.6) is 0 Å². The zero-order chi connectivity index (χ0) is 11.4. The molecule has 0 aromatic carbocycles. The zero-order valence-corrected chi connectivity index (χ0v) is 9.19. The molecule has 86 valence electrons. The molecule has 0 saturated heterocycles. The average molecular weight is 216 g/mol. The summed E-state index contributed by atoms with van der Waals surface area (Å²) in [6.07, 6.45) is 0.962. The first-order valence-corrected chi connectivity index (χ1v) is 4.82. The lowest BCUT2D eigenvalue weighted by Gasteiger charge is -2.13. The van der Waals surface area contributed by atoms with E-state index in [-0.39, 0.29) is 18.0 Å². The van der Waals surface area contributed by atoms with Crippen molar-refractivity contribution in [2.24, 2.45) is 11.8 Å². The van der Waals surface area contributed by atoms with Crippen LogP contribution in [0.4, 0.5) is 0 Å². The van der Waals surface area contributed by atoms with Gasteiger partial charge in [-0.2, -0.15) is 0 Å². The molecule has 0 radical (unpaired) electrons. The Bertz CT molecular complexity index is 226. The second-order valence-electron chi connectivity index (χ2n) is 3.59. The molecule has 1 saturated carbocycles. The first-order chi connectivity index (χ1) is 7.13. The van der Waals surface area contributed by atoms with Gasteiger partial charge in [0.1, 0.15) is 0 Å². The van der Waals surface area contributed by atoms with Gasteiger partial charge in [-0.15, -0.1) is 0 Å². The first kappa shape index (κ1) is 12.0. The summed E-state index contributed by atoms with van der Waals surface area (Å²) in [4.78, 5) is 22.8. The fraction of sp³-hybridized carbons (Fsp3) is 0.800. The van der Waals surface area contributed by atoms with Crippen LogP contribution in [0.1, 0.15) is 12.8 Å². The van der Waals surface area contributed by atoms with Crippen LogP contribution in [0.3, 0.4) is 0 Å². The van der Waals surface area contributed by atoms with Gasteiger partial charge in [0.15, 0.2) is 0 Å². The van der Waals surface area contributed by atoms with Crippen molar-refractivity contribution in [1.29, 1.82) is 0 Å². The molecule has 1 aliphatic rings. The SMILES string of the molecule is COC(=O)[C@@H]1CC(OC)C[C@H]1C(=O)OC. The summed E-state index contributed by atoms with van der Waals surface area (Å²) in [6.45, 7) is 0. The third kappa shape index (κ3) is 2.47. The number of hydrogen-bond acceptors (Lipinski definition) is 5. The van der Waals surface area contributed by atoms with E-state index in [1.807, 2.05) is 0 Å². The summed E-state index contributed by atoms with van der Waals surface area (Å²) in [5, 5.41) is 0. The van der Waals surface area contributed by atoms with Crippen molar-refractivity contribution in [2.45, 2.75) is 18.9 Å². The monoisotopic (exact) mass is 216 g/mol. The summed E-state index contributed by atoms with van der Waals surface area (Å²) in [5.74, 6) is -1.62. The fourth-order valence-electron chi connectivity index (χ4n) is 2.01. The van der Waals surface area contributed by atoms with Gasteiger partial charge in [0.2, 0.25) is 0 Å². The molecule has 0 bridgehead atoms. The van der Waals surface area contributed by atoms with E-state index in [0.717, 1.165) is 0 Å². The molecule has 15 heavy (non-hydrogen) atoms. The maximum atomic E-state index is 11.4. The van der Waals surface area contributed by atoms with Gasteiger partial charge in [0, 0.05) is 7.11 Å². The van der Waals surface area contributed by atoms with E-state index in [1.165, 1.54) is 14.2 Å². The first-order valence-electron chi connectivity index (χ1n) is 4.82. The van der Waals surface area contributed by atoms with Crippen LogP contribution in [0.2, 0.25) is 0 Å². The van der Waals surface area contributed by atoms with Gasteiger partial charge in [0.25, 0.3) is 0 Å². The van der Waals surface area contributed by atoms with Crippen LogP contribution in [-0.4, -0.2) is 39.4 Å². The molecule has 1 aliphatic carbocycles. The van der Waals surface area contributed by atoms with Crippen LogP contribution < -0.4 is 0 Å². The molecule has 1 fully saturated rings. The predicted molar refractivity (Wildman–Crippen MR) is 51.0 cm³/mol. The minimum Gasteiger partial charge on any atom is -0.469 e. The molecule has 0 heterocycles. The average Bonchev–Trinajstić information content (AvgIpc) is 2.70. The van der Waals surface area contributed by atoms with Crippen LogP contribution >= 0.6 is 0 Å². The van der Waals surface area contributed by atoms with Gasteiger partial charge in [-0.1, -0.05) is 0 Å². The van der Waals surface area contributed by atoms with Crippen molar-refractivity contribution < 1.29 is 23.8 Å². The minimum atomic E-state index is -0.438. The molecule has 1 rings (SSSR count). The number of esters is 2. The van der Waals surface area contributed by atoms with Crippen molar-refractivity contribution in [3.63, 3.8) is 0 Å². The van der Waals surface area contributed by atoms with Crippen molar-refractivity contribution >= 4 is 11.9 Å². The Morgan fingerprint density at radius 1 is 0.933 bits per heavy atom. The molecule has 5 heteroatoms. The van der Waals surface area contributed by atoms with E-state index >= 15 is 0 Å². The van der Waals surface area contributed by atoms with E-state index in [4.69, 9.17) is 4.74 Å². The molecule has 2 atom stereocenters. The molecule has 0 N–H and O–H groups in total. The maximum absolute atomic E-state index is 11.4. The zero-order valence-electron chi connectivity index (χ0n) is 9.19.